The molecule has 0 saturated carbocycles. The molecule has 0 aliphatic heterocycles. The Bertz CT molecular complexity index is 605. The van der Waals surface area contributed by atoms with Crippen LogP contribution in [-0.4, -0.2) is 30.8 Å². The normalized spacial score (nSPS) is 12.6. The van der Waals surface area contributed by atoms with Gasteiger partial charge in [0.2, 0.25) is 0 Å². The van der Waals surface area contributed by atoms with Crippen molar-refractivity contribution in [3.8, 4) is 0 Å². The van der Waals surface area contributed by atoms with Gasteiger partial charge in [-0.05, 0) is 12.8 Å². The Balaban J connectivity index is 3.70. The fraction of sp³-hybridized carbons (Fsp3) is 0.969. The lowest BCUT2D eigenvalue weighted by Crippen LogP contribution is -2.32. The number of hydrogen-bond acceptors (Lipinski definition) is 4. The number of carbonyl (C=O) groups excluding carboxylic acids is 1. The van der Waals surface area contributed by atoms with Gasteiger partial charge in [0.25, 0.3) is 10.1 Å². The third kappa shape index (κ3) is 25.6. The van der Waals surface area contributed by atoms with Crippen LogP contribution in [0.15, 0.2) is 0 Å². The monoisotopic (exact) mass is 560 g/mol. The van der Waals surface area contributed by atoms with Gasteiger partial charge in [0.05, 0.1) is 6.61 Å². The quantitative estimate of drug-likeness (QED) is 0.0537. The topological polar surface area (TPSA) is 80.7 Å². The van der Waals surface area contributed by atoms with Gasteiger partial charge in [0.1, 0.15) is 0 Å². The summed E-state index contributed by atoms with van der Waals surface area (Å²) in [5.41, 5.74) is 0. The first kappa shape index (κ1) is 37.4. The van der Waals surface area contributed by atoms with Crippen molar-refractivity contribution in [2.24, 2.45) is 0 Å². The average Bonchev–Trinajstić information content (AvgIpc) is 2.88. The second-order valence-electron chi connectivity index (χ2n) is 11.4. The van der Waals surface area contributed by atoms with E-state index in [9.17, 15) is 17.8 Å². The first-order valence-corrected chi connectivity index (χ1v) is 18.1. The third-order valence-electron chi connectivity index (χ3n) is 7.68. The van der Waals surface area contributed by atoms with Crippen LogP contribution in [0.1, 0.15) is 187 Å². The van der Waals surface area contributed by atoms with E-state index in [0.29, 0.717) is 6.42 Å². The zero-order chi connectivity index (χ0) is 28.2. The summed E-state index contributed by atoms with van der Waals surface area (Å²) in [6, 6.07) is 0. The van der Waals surface area contributed by atoms with Crippen LogP contribution in [0.4, 0.5) is 0 Å². The smallest absolute Gasteiger partial charge is 0.326 e. The van der Waals surface area contributed by atoms with Gasteiger partial charge < -0.3 is 4.74 Å². The molecule has 0 spiro atoms. The van der Waals surface area contributed by atoms with E-state index < -0.39 is 21.3 Å². The van der Waals surface area contributed by atoms with E-state index in [1.807, 2.05) is 0 Å². The molecular formula is C32H64O5S. The van der Waals surface area contributed by atoms with Crippen LogP contribution in [0.25, 0.3) is 0 Å². The minimum atomic E-state index is -4.42. The van der Waals surface area contributed by atoms with Crippen molar-refractivity contribution in [1.29, 1.82) is 0 Å². The van der Waals surface area contributed by atoms with E-state index >= 15 is 0 Å². The summed E-state index contributed by atoms with van der Waals surface area (Å²) in [5, 5.41) is -1.43. The molecule has 1 unspecified atom stereocenters. The van der Waals surface area contributed by atoms with Gasteiger partial charge >= 0.3 is 5.97 Å². The second-order valence-corrected chi connectivity index (χ2v) is 13.0. The zero-order valence-electron chi connectivity index (χ0n) is 25.4. The summed E-state index contributed by atoms with van der Waals surface area (Å²) < 4.78 is 38.2. The molecule has 0 aromatic rings. The van der Waals surface area contributed by atoms with Crippen molar-refractivity contribution >= 4 is 16.1 Å². The van der Waals surface area contributed by atoms with Crippen molar-refractivity contribution in [2.45, 2.75) is 192 Å². The summed E-state index contributed by atoms with van der Waals surface area (Å²) in [5.74, 6) is -0.787. The number of ether oxygens (including phenoxy) is 1. The van der Waals surface area contributed by atoms with Gasteiger partial charge in [-0.15, -0.1) is 0 Å². The minimum absolute atomic E-state index is 0.147. The van der Waals surface area contributed by atoms with Crippen molar-refractivity contribution in [2.75, 3.05) is 6.61 Å². The number of hydrogen-bond donors (Lipinski definition) is 1. The molecule has 0 amide bonds. The Morgan fingerprint density at radius 1 is 0.526 bits per heavy atom. The van der Waals surface area contributed by atoms with Crippen LogP contribution < -0.4 is 0 Å². The van der Waals surface area contributed by atoms with Crippen LogP contribution in [0, 0.1) is 0 Å². The molecule has 6 heteroatoms. The highest BCUT2D eigenvalue weighted by Gasteiger charge is 2.31. The summed E-state index contributed by atoms with van der Waals surface area (Å²) in [4.78, 5) is 12.3. The number of rotatable bonds is 30. The van der Waals surface area contributed by atoms with E-state index in [1.54, 1.807) is 0 Å². The van der Waals surface area contributed by atoms with E-state index in [1.165, 1.54) is 122 Å². The van der Waals surface area contributed by atoms with Gasteiger partial charge in [-0.25, -0.2) is 0 Å². The van der Waals surface area contributed by atoms with Crippen molar-refractivity contribution in [3.63, 3.8) is 0 Å². The molecule has 0 aromatic heterocycles. The molecule has 38 heavy (non-hydrogen) atoms. The molecule has 5 nitrogen and oxygen atoms in total. The fourth-order valence-electron chi connectivity index (χ4n) is 5.12. The molecule has 0 radical (unpaired) electrons. The lowest BCUT2D eigenvalue weighted by molar-refractivity contribution is -0.143. The lowest BCUT2D eigenvalue weighted by atomic mass is 10.0. The maximum absolute atomic E-state index is 12.3. The Kier molecular flexibility index (Phi) is 27.5. The molecule has 0 aliphatic rings. The molecular weight excluding hydrogens is 496 g/mol. The molecule has 0 rings (SSSR count). The number of unbranched alkanes of at least 4 members (excludes halogenated alkanes) is 24. The highest BCUT2D eigenvalue weighted by atomic mass is 32.2. The largest absolute Gasteiger partial charge is 0.465 e. The van der Waals surface area contributed by atoms with Gasteiger partial charge in [0.15, 0.2) is 5.25 Å². The molecule has 1 N–H and O–H groups in total. The number of esters is 1. The third-order valence-corrected chi connectivity index (χ3v) is 8.83. The molecule has 0 saturated heterocycles. The molecule has 0 bridgehead atoms. The van der Waals surface area contributed by atoms with Gasteiger partial charge in [-0.2, -0.15) is 8.42 Å². The van der Waals surface area contributed by atoms with Crippen molar-refractivity contribution in [1.82, 2.24) is 0 Å². The maximum atomic E-state index is 12.3. The van der Waals surface area contributed by atoms with Crippen molar-refractivity contribution in [3.05, 3.63) is 0 Å². The first-order valence-electron chi connectivity index (χ1n) is 16.6. The van der Waals surface area contributed by atoms with Gasteiger partial charge in [0, 0.05) is 0 Å². The molecule has 0 aromatic carbocycles. The highest BCUT2D eigenvalue weighted by Crippen LogP contribution is 2.17. The Morgan fingerprint density at radius 2 is 0.816 bits per heavy atom. The van der Waals surface area contributed by atoms with Crippen LogP contribution in [0.5, 0.6) is 0 Å². The lowest BCUT2D eigenvalue weighted by Gasteiger charge is -2.13. The Hall–Kier alpha value is -0.620. The van der Waals surface area contributed by atoms with Crippen molar-refractivity contribution < 1.29 is 22.5 Å². The second kappa shape index (κ2) is 27.9. The minimum Gasteiger partial charge on any atom is -0.465 e. The first-order chi connectivity index (χ1) is 18.4. The van der Waals surface area contributed by atoms with Crippen LogP contribution in [0.3, 0.4) is 0 Å². The van der Waals surface area contributed by atoms with E-state index in [4.69, 9.17) is 4.74 Å². The highest BCUT2D eigenvalue weighted by molar-refractivity contribution is 7.87. The van der Waals surface area contributed by atoms with Crippen LogP contribution >= 0.6 is 0 Å². The summed E-state index contributed by atoms with van der Waals surface area (Å²) >= 11 is 0. The van der Waals surface area contributed by atoms with E-state index in [2.05, 4.69) is 13.8 Å². The Morgan fingerprint density at radius 3 is 1.13 bits per heavy atom. The molecule has 228 valence electrons. The predicted molar refractivity (Wildman–Crippen MR) is 162 cm³/mol. The van der Waals surface area contributed by atoms with Crippen LogP contribution in [0.2, 0.25) is 0 Å². The summed E-state index contributed by atoms with van der Waals surface area (Å²) in [6.07, 6.45) is 31.8. The SMILES string of the molecule is CCCCCCCCCCCCCCCCC(C(=O)OCCCCCCCCCCCCCC)S(=O)(=O)O. The van der Waals surface area contributed by atoms with Gasteiger partial charge in [-0.1, -0.05) is 174 Å². The Labute approximate surface area is 237 Å². The maximum Gasteiger partial charge on any atom is 0.326 e. The number of carbonyl (C=O) groups is 1. The molecule has 1 atom stereocenters. The summed E-state index contributed by atoms with van der Waals surface area (Å²) in [7, 11) is -4.42. The standard InChI is InChI=1S/C32H64O5S/c1-3-5-7-9-11-13-15-17-18-19-21-23-25-27-29-31(38(34,35)36)32(33)37-30-28-26-24-22-20-16-14-12-10-8-6-4-2/h31H,3-30H2,1-2H3,(H,34,35,36). The molecule has 0 heterocycles. The molecule has 0 aliphatic carbocycles. The van der Waals surface area contributed by atoms with E-state index in [-0.39, 0.29) is 13.0 Å². The summed E-state index contributed by atoms with van der Waals surface area (Å²) in [6.45, 7) is 4.73. The van der Waals surface area contributed by atoms with Gasteiger partial charge in [-0.3, -0.25) is 9.35 Å². The van der Waals surface area contributed by atoms with E-state index in [0.717, 1.165) is 38.5 Å². The predicted octanol–water partition coefficient (Wildman–Crippen LogP) is 10.4. The molecule has 0 fully saturated rings. The van der Waals surface area contributed by atoms with Crippen LogP contribution in [-0.2, 0) is 19.6 Å². The average molecular weight is 561 g/mol. The fourth-order valence-corrected chi connectivity index (χ4v) is 5.90. The zero-order valence-corrected chi connectivity index (χ0v) is 26.2.